The molecule has 0 unspecified atom stereocenters. The van der Waals surface area contributed by atoms with E-state index in [4.69, 9.17) is 5.14 Å². The average Bonchev–Trinajstić information content (AvgIpc) is 2.91. The average molecular weight is 313 g/mol. The van der Waals surface area contributed by atoms with Gasteiger partial charge in [0.2, 0.25) is 21.9 Å². The molecule has 2 rings (SSSR count). The molecular formula is C9H15N9O2S. The van der Waals surface area contributed by atoms with Gasteiger partial charge in [0.1, 0.15) is 12.7 Å². The maximum absolute atomic E-state index is 10.9. The Hall–Kier alpha value is -2.34. The summed E-state index contributed by atoms with van der Waals surface area (Å²) in [6.07, 6.45) is 2.80. The van der Waals surface area contributed by atoms with Crippen LogP contribution in [-0.2, 0) is 10.0 Å². The van der Waals surface area contributed by atoms with Crippen molar-refractivity contribution in [1.29, 1.82) is 0 Å². The summed E-state index contributed by atoms with van der Waals surface area (Å²) in [7, 11) is -3.54. The first kappa shape index (κ1) is 15.1. The highest BCUT2D eigenvalue weighted by Crippen LogP contribution is 2.08. The van der Waals surface area contributed by atoms with Crippen molar-refractivity contribution in [2.75, 3.05) is 29.5 Å². The Morgan fingerprint density at radius 3 is 2.52 bits per heavy atom. The van der Waals surface area contributed by atoms with Crippen molar-refractivity contribution in [3.8, 4) is 5.95 Å². The summed E-state index contributed by atoms with van der Waals surface area (Å²) in [6.45, 7) is 2.61. The van der Waals surface area contributed by atoms with Crippen molar-refractivity contribution in [2.45, 2.75) is 6.92 Å². The van der Waals surface area contributed by atoms with E-state index in [9.17, 15) is 8.42 Å². The lowest BCUT2D eigenvalue weighted by Crippen LogP contribution is -2.23. The zero-order valence-corrected chi connectivity index (χ0v) is 12.1. The van der Waals surface area contributed by atoms with E-state index < -0.39 is 10.0 Å². The first-order valence-electron chi connectivity index (χ1n) is 6.07. The molecule has 0 aromatic carbocycles. The molecule has 114 valence electrons. The highest BCUT2D eigenvalue weighted by atomic mass is 32.2. The molecule has 2 heterocycles. The number of primary sulfonamides is 1. The van der Waals surface area contributed by atoms with E-state index in [-0.39, 0.29) is 24.2 Å². The van der Waals surface area contributed by atoms with Crippen LogP contribution in [-0.4, -0.2) is 57.0 Å². The molecule has 0 fully saturated rings. The minimum Gasteiger partial charge on any atom is -0.354 e. The van der Waals surface area contributed by atoms with Crippen molar-refractivity contribution in [3.05, 3.63) is 12.7 Å². The molecule has 0 saturated heterocycles. The number of nitrogens with one attached hydrogen (secondary N) is 2. The Kier molecular flexibility index (Phi) is 4.59. The summed E-state index contributed by atoms with van der Waals surface area (Å²) >= 11 is 0. The lowest BCUT2D eigenvalue weighted by atomic mass is 10.7. The van der Waals surface area contributed by atoms with Gasteiger partial charge in [0.05, 0.1) is 5.75 Å². The van der Waals surface area contributed by atoms with Gasteiger partial charge in [-0.05, 0) is 6.92 Å². The summed E-state index contributed by atoms with van der Waals surface area (Å²) in [6, 6.07) is 0. The second-order valence-corrected chi connectivity index (χ2v) is 5.68. The van der Waals surface area contributed by atoms with Crippen LogP contribution in [0.2, 0.25) is 0 Å². The topological polar surface area (TPSA) is 154 Å². The van der Waals surface area contributed by atoms with Gasteiger partial charge in [0.25, 0.3) is 5.95 Å². The van der Waals surface area contributed by atoms with Crippen molar-refractivity contribution >= 4 is 21.9 Å². The molecule has 0 atom stereocenters. The van der Waals surface area contributed by atoms with Gasteiger partial charge in [-0.25, -0.2) is 18.5 Å². The lowest BCUT2D eigenvalue weighted by molar-refractivity contribution is 0.598. The molecule has 0 amide bonds. The van der Waals surface area contributed by atoms with Crippen LogP contribution in [0.4, 0.5) is 11.9 Å². The van der Waals surface area contributed by atoms with Gasteiger partial charge in [0, 0.05) is 13.1 Å². The van der Waals surface area contributed by atoms with Crippen molar-refractivity contribution in [2.24, 2.45) is 5.14 Å². The Balaban J connectivity index is 2.19. The third-order valence-corrected chi connectivity index (χ3v) is 3.03. The van der Waals surface area contributed by atoms with Crippen molar-refractivity contribution in [1.82, 2.24) is 29.7 Å². The minimum atomic E-state index is -3.54. The third-order valence-electron chi connectivity index (χ3n) is 2.25. The molecule has 0 bridgehead atoms. The highest BCUT2D eigenvalue weighted by molar-refractivity contribution is 7.89. The van der Waals surface area contributed by atoms with Crippen LogP contribution in [0, 0.1) is 0 Å². The number of anilines is 2. The molecule has 0 aliphatic rings. The lowest BCUT2D eigenvalue weighted by Gasteiger charge is -2.08. The zero-order chi connectivity index (χ0) is 15.3. The Morgan fingerprint density at radius 2 is 1.95 bits per heavy atom. The predicted molar refractivity (Wildman–Crippen MR) is 75.4 cm³/mol. The zero-order valence-electron chi connectivity index (χ0n) is 11.3. The fourth-order valence-corrected chi connectivity index (χ4v) is 1.79. The van der Waals surface area contributed by atoms with E-state index in [0.29, 0.717) is 12.5 Å². The van der Waals surface area contributed by atoms with Gasteiger partial charge in [-0.1, -0.05) is 0 Å². The van der Waals surface area contributed by atoms with Crippen molar-refractivity contribution in [3.63, 3.8) is 0 Å². The number of sulfonamides is 1. The van der Waals surface area contributed by atoms with Gasteiger partial charge in [-0.15, -0.1) is 0 Å². The fraction of sp³-hybridized carbons (Fsp3) is 0.444. The summed E-state index contributed by atoms with van der Waals surface area (Å²) in [5.41, 5.74) is 0. The third kappa shape index (κ3) is 4.61. The quantitative estimate of drug-likeness (QED) is 0.559. The number of rotatable bonds is 7. The molecule has 0 saturated carbocycles. The van der Waals surface area contributed by atoms with E-state index >= 15 is 0 Å². The first-order valence-corrected chi connectivity index (χ1v) is 7.79. The summed E-state index contributed by atoms with van der Waals surface area (Å²) < 4.78 is 23.2. The van der Waals surface area contributed by atoms with Crippen LogP contribution in [0.25, 0.3) is 5.95 Å². The van der Waals surface area contributed by atoms with Gasteiger partial charge in [-0.2, -0.15) is 24.7 Å². The largest absolute Gasteiger partial charge is 0.354 e. The van der Waals surface area contributed by atoms with E-state index in [1.807, 2.05) is 6.92 Å². The Labute approximate surface area is 121 Å². The molecule has 0 spiro atoms. The molecule has 4 N–H and O–H groups in total. The van der Waals surface area contributed by atoms with Gasteiger partial charge >= 0.3 is 0 Å². The molecule has 0 aliphatic carbocycles. The molecule has 2 aromatic rings. The van der Waals surface area contributed by atoms with E-state index in [0.717, 1.165) is 0 Å². The van der Waals surface area contributed by atoms with Crippen LogP contribution < -0.4 is 15.8 Å². The Morgan fingerprint density at radius 1 is 1.24 bits per heavy atom. The second kappa shape index (κ2) is 6.41. The minimum absolute atomic E-state index is 0.0885. The molecule has 12 heteroatoms. The highest BCUT2D eigenvalue weighted by Gasteiger charge is 2.09. The van der Waals surface area contributed by atoms with Crippen LogP contribution in [0.1, 0.15) is 6.92 Å². The molecule has 0 radical (unpaired) electrons. The second-order valence-electron chi connectivity index (χ2n) is 3.95. The fourth-order valence-electron chi connectivity index (χ4n) is 1.40. The van der Waals surface area contributed by atoms with Crippen LogP contribution in [0.15, 0.2) is 12.7 Å². The molecule has 11 nitrogen and oxygen atoms in total. The molecular weight excluding hydrogens is 298 g/mol. The van der Waals surface area contributed by atoms with Crippen molar-refractivity contribution < 1.29 is 8.42 Å². The van der Waals surface area contributed by atoms with E-state index in [1.54, 1.807) is 0 Å². The number of nitrogens with two attached hydrogens (primary N) is 1. The summed E-state index contributed by atoms with van der Waals surface area (Å²) in [5.74, 6) is 0.594. The number of nitrogens with zero attached hydrogens (tertiary/aromatic N) is 6. The summed E-state index contributed by atoms with van der Waals surface area (Å²) in [5, 5.41) is 14.6. The maximum Gasteiger partial charge on any atom is 0.258 e. The number of hydrogen-bond donors (Lipinski definition) is 3. The summed E-state index contributed by atoms with van der Waals surface area (Å²) in [4.78, 5) is 16.2. The monoisotopic (exact) mass is 313 g/mol. The predicted octanol–water partition coefficient (Wildman–Crippen LogP) is -1.42. The normalized spacial score (nSPS) is 11.3. The molecule has 21 heavy (non-hydrogen) atoms. The van der Waals surface area contributed by atoms with Gasteiger partial charge in [-0.3, -0.25) is 0 Å². The van der Waals surface area contributed by atoms with E-state index in [2.05, 4.69) is 35.7 Å². The van der Waals surface area contributed by atoms with Crippen LogP contribution in [0.5, 0.6) is 0 Å². The molecule has 0 aliphatic heterocycles. The van der Waals surface area contributed by atoms with Crippen LogP contribution in [0.3, 0.4) is 0 Å². The van der Waals surface area contributed by atoms with E-state index in [1.165, 1.54) is 17.3 Å². The van der Waals surface area contributed by atoms with Gasteiger partial charge in [0.15, 0.2) is 0 Å². The maximum atomic E-state index is 10.9. The number of hydrogen-bond acceptors (Lipinski definition) is 9. The smallest absolute Gasteiger partial charge is 0.258 e. The number of aromatic nitrogens is 6. The van der Waals surface area contributed by atoms with Crippen LogP contribution >= 0.6 is 0 Å². The SMILES string of the molecule is CCNc1nc(NCCS(N)(=O)=O)nc(-n2cncn2)n1. The standard InChI is InChI=1S/C9H15N9O2S/c1-2-12-7-15-8(13-3-4-21(10,19)20)17-9(16-7)18-6-11-5-14-18/h5-6H,2-4H2,1H3,(H2,10,19,20)(H2,12,13,15,16,17). The van der Waals surface area contributed by atoms with Gasteiger partial charge < -0.3 is 10.6 Å². The first-order chi connectivity index (χ1) is 9.98. The Bertz CT molecular complexity index is 685. The molecule has 2 aromatic heterocycles.